The zero-order valence-electron chi connectivity index (χ0n) is 10.4. The summed E-state index contributed by atoms with van der Waals surface area (Å²) < 4.78 is 0. The van der Waals surface area contributed by atoms with Gasteiger partial charge in [-0.15, -0.1) is 11.3 Å². The molecule has 0 aliphatic carbocycles. The molecule has 0 saturated carbocycles. The highest BCUT2D eigenvalue weighted by Gasteiger charge is 2.16. The van der Waals surface area contributed by atoms with Crippen molar-refractivity contribution in [1.29, 1.82) is 0 Å². The van der Waals surface area contributed by atoms with Gasteiger partial charge in [-0.2, -0.15) is 0 Å². The van der Waals surface area contributed by atoms with E-state index in [1.807, 2.05) is 0 Å². The van der Waals surface area contributed by atoms with Gasteiger partial charge in [-0.3, -0.25) is 0 Å². The molecule has 1 aromatic rings. The molecule has 0 aromatic carbocycles. The van der Waals surface area contributed by atoms with E-state index in [4.69, 9.17) is 0 Å². The van der Waals surface area contributed by atoms with Gasteiger partial charge in [0, 0.05) is 17.6 Å². The third-order valence-electron chi connectivity index (χ3n) is 2.22. The average Bonchev–Trinajstić information content (AvgIpc) is 2.51. The SMILES string of the molecule is CCC(NCC(C)(C)C)c1nc(C)cs1. The highest BCUT2D eigenvalue weighted by Crippen LogP contribution is 2.22. The van der Waals surface area contributed by atoms with Crippen LogP contribution in [0, 0.1) is 12.3 Å². The van der Waals surface area contributed by atoms with Crippen LogP contribution >= 0.6 is 11.3 Å². The van der Waals surface area contributed by atoms with Crippen molar-refractivity contribution in [2.75, 3.05) is 6.54 Å². The monoisotopic (exact) mass is 226 g/mol. The molecule has 15 heavy (non-hydrogen) atoms. The van der Waals surface area contributed by atoms with Crippen LogP contribution in [0.4, 0.5) is 0 Å². The number of nitrogens with zero attached hydrogens (tertiary/aromatic N) is 1. The fourth-order valence-corrected chi connectivity index (χ4v) is 2.32. The number of aromatic nitrogens is 1. The predicted octanol–water partition coefficient (Wildman–Crippen LogP) is 3.54. The molecule has 1 rings (SSSR count). The highest BCUT2D eigenvalue weighted by molar-refractivity contribution is 7.09. The minimum atomic E-state index is 0.333. The third-order valence-corrected chi connectivity index (χ3v) is 3.30. The van der Waals surface area contributed by atoms with Crippen LogP contribution in [-0.4, -0.2) is 11.5 Å². The maximum atomic E-state index is 4.54. The third kappa shape index (κ3) is 4.31. The van der Waals surface area contributed by atoms with E-state index < -0.39 is 0 Å². The van der Waals surface area contributed by atoms with Gasteiger partial charge >= 0.3 is 0 Å². The van der Waals surface area contributed by atoms with Gasteiger partial charge in [0.05, 0.1) is 6.04 Å². The number of hydrogen-bond donors (Lipinski definition) is 1. The molecule has 0 fully saturated rings. The Morgan fingerprint density at radius 3 is 2.53 bits per heavy atom. The Bertz CT molecular complexity index is 299. The standard InChI is InChI=1S/C12H22N2S/c1-6-10(13-8-12(3,4)5)11-14-9(2)7-15-11/h7,10,13H,6,8H2,1-5H3. The molecular weight excluding hydrogens is 204 g/mol. The van der Waals surface area contributed by atoms with Gasteiger partial charge < -0.3 is 5.32 Å². The zero-order chi connectivity index (χ0) is 11.5. The first-order valence-electron chi connectivity index (χ1n) is 5.58. The molecule has 0 radical (unpaired) electrons. The number of rotatable bonds is 4. The molecule has 1 aromatic heterocycles. The summed E-state index contributed by atoms with van der Waals surface area (Å²) in [4.78, 5) is 4.54. The van der Waals surface area contributed by atoms with E-state index in [9.17, 15) is 0 Å². The smallest absolute Gasteiger partial charge is 0.110 e. The second-order valence-electron chi connectivity index (χ2n) is 5.23. The molecule has 1 atom stereocenters. The Morgan fingerprint density at radius 1 is 1.47 bits per heavy atom. The van der Waals surface area contributed by atoms with Crippen LogP contribution in [0.1, 0.15) is 50.9 Å². The molecule has 1 N–H and O–H groups in total. The number of hydrogen-bond acceptors (Lipinski definition) is 3. The Labute approximate surface area is 97.1 Å². The molecule has 0 bridgehead atoms. The van der Waals surface area contributed by atoms with Gasteiger partial charge in [0.25, 0.3) is 0 Å². The van der Waals surface area contributed by atoms with Crippen molar-refractivity contribution in [3.05, 3.63) is 16.1 Å². The van der Waals surface area contributed by atoms with Gasteiger partial charge in [0.1, 0.15) is 5.01 Å². The quantitative estimate of drug-likeness (QED) is 0.849. The van der Waals surface area contributed by atoms with E-state index in [2.05, 4.69) is 50.3 Å². The first kappa shape index (κ1) is 12.7. The van der Waals surface area contributed by atoms with Gasteiger partial charge in [0.15, 0.2) is 0 Å². The summed E-state index contributed by atoms with van der Waals surface area (Å²) in [6.07, 6.45) is 1.10. The lowest BCUT2D eigenvalue weighted by molar-refractivity contribution is 0.348. The van der Waals surface area contributed by atoms with Crippen LogP contribution in [0.5, 0.6) is 0 Å². The Balaban J connectivity index is 2.57. The maximum absolute atomic E-state index is 4.54. The summed E-state index contributed by atoms with van der Waals surface area (Å²) in [5.41, 5.74) is 1.46. The van der Waals surface area contributed by atoms with Gasteiger partial charge in [-0.1, -0.05) is 27.7 Å². The zero-order valence-corrected chi connectivity index (χ0v) is 11.2. The Kier molecular flexibility index (Phi) is 4.29. The molecule has 0 spiro atoms. The van der Waals surface area contributed by atoms with E-state index in [1.54, 1.807) is 11.3 Å². The Morgan fingerprint density at radius 2 is 2.13 bits per heavy atom. The summed E-state index contributed by atoms with van der Waals surface area (Å²) in [7, 11) is 0. The van der Waals surface area contributed by atoms with Gasteiger partial charge in [-0.25, -0.2) is 4.98 Å². The second-order valence-corrected chi connectivity index (χ2v) is 6.12. The van der Waals surface area contributed by atoms with Crippen LogP contribution in [0.3, 0.4) is 0 Å². The first-order valence-corrected chi connectivity index (χ1v) is 6.46. The average molecular weight is 226 g/mol. The normalized spacial score (nSPS) is 14.2. The lowest BCUT2D eigenvalue weighted by atomic mass is 9.96. The molecule has 1 heterocycles. The molecule has 0 saturated heterocycles. The predicted molar refractivity (Wildman–Crippen MR) is 67.3 cm³/mol. The summed E-state index contributed by atoms with van der Waals surface area (Å²) in [6, 6.07) is 0.419. The summed E-state index contributed by atoms with van der Waals surface area (Å²) in [6.45, 7) is 12.0. The van der Waals surface area contributed by atoms with Crippen molar-refractivity contribution in [2.24, 2.45) is 5.41 Å². The molecular formula is C12H22N2S. The van der Waals surface area contributed by atoms with Crippen molar-refractivity contribution in [2.45, 2.75) is 47.1 Å². The van der Waals surface area contributed by atoms with Crippen LogP contribution in [0.2, 0.25) is 0 Å². The highest BCUT2D eigenvalue weighted by atomic mass is 32.1. The maximum Gasteiger partial charge on any atom is 0.110 e. The minimum Gasteiger partial charge on any atom is -0.307 e. The van der Waals surface area contributed by atoms with E-state index in [0.717, 1.165) is 18.7 Å². The van der Waals surface area contributed by atoms with Crippen LogP contribution < -0.4 is 5.32 Å². The van der Waals surface area contributed by atoms with Crippen molar-refractivity contribution in [3.63, 3.8) is 0 Å². The van der Waals surface area contributed by atoms with E-state index in [-0.39, 0.29) is 0 Å². The second kappa shape index (κ2) is 5.08. The van der Waals surface area contributed by atoms with E-state index in [0.29, 0.717) is 11.5 Å². The molecule has 0 aliphatic rings. The van der Waals surface area contributed by atoms with Crippen LogP contribution in [0.25, 0.3) is 0 Å². The fraction of sp³-hybridized carbons (Fsp3) is 0.750. The van der Waals surface area contributed by atoms with Crippen molar-refractivity contribution in [3.8, 4) is 0 Å². The molecule has 86 valence electrons. The van der Waals surface area contributed by atoms with Gasteiger partial charge in [0.2, 0.25) is 0 Å². The molecule has 2 nitrogen and oxygen atoms in total. The molecule has 1 unspecified atom stereocenters. The topological polar surface area (TPSA) is 24.9 Å². The van der Waals surface area contributed by atoms with Crippen LogP contribution in [-0.2, 0) is 0 Å². The number of aryl methyl sites for hydroxylation is 1. The fourth-order valence-electron chi connectivity index (χ4n) is 1.37. The van der Waals surface area contributed by atoms with Crippen LogP contribution in [0.15, 0.2) is 5.38 Å². The lowest BCUT2D eigenvalue weighted by Crippen LogP contribution is -2.30. The van der Waals surface area contributed by atoms with E-state index in [1.165, 1.54) is 5.01 Å². The van der Waals surface area contributed by atoms with Gasteiger partial charge in [-0.05, 0) is 18.8 Å². The van der Waals surface area contributed by atoms with Crippen molar-refractivity contribution < 1.29 is 0 Å². The molecule has 0 aliphatic heterocycles. The number of thiazole rings is 1. The first-order chi connectivity index (χ1) is 6.92. The van der Waals surface area contributed by atoms with E-state index >= 15 is 0 Å². The molecule has 3 heteroatoms. The minimum absolute atomic E-state index is 0.333. The van der Waals surface area contributed by atoms with Crippen molar-refractivity contribution >= 4 is 11.3 Å². The lowest BCUT2D eigenvalue weighted by Gasteiger charge is -2.23. The molecule has 0 amide bonds. The largest absolute Gasteiger partial charge is 0.307 e. The summed E-state index contributed by atoms with van der Waals surface area (Å²) in [5.74, 6) is 0. The van der Waals surface area contributed by atoms with Crippen molar-refractivity contribution in [1.82, 2.24) is 10.3 Å². The summed E-state index contributed by atoms with van der Waals surface area (Å²) >= 11 is 1.76. The Hall–Kier alpha value is -0.410. The number of nitrogens with one attached hydrogen (secondary N) is 1. The summed E-state index contributed by atoms with van der Waals surface area (Å²) in [5, 5.41) is 6.93.